The number of hydrogen-bond acceptors (Lipinski definition) is 5. The van der Waals surface area contributed by atoms with Gasteiger partial charge in [0.2, 0.25) is 0 Å². The van der Waals surface area contributed by atoms with Crippen LogP contribution in [0.15, 0.2) is 36.4 Å². The summed E-state index contributed by atoms with van der Waals surface area (Å²) in [7, 11) is 0. The maximum absolute atomic E-state index is 12.5. The number of hydrogen-bond donors (Lipinski definition) is 1. The van der Waals surface area contributed by atoms with Gasteiger partial charge in [-0.3, -0.25) is 0 Å². The number of benzene rings is 2. The molecular weight excluding hydrogens is 362 g/mol. The van der Waals surface area contributed by atoms with Crippen LogP contribution < -0.4 is 5.32 Å². The van der Waals surface area contributed by atoms with E-state index < -0.39 is 5.97 Å². The van der Waals surface area contributed by atoms with Gasteiger partial charge in [0.05, 0.1) is 17.6 Å². The predicted molar refractivity (Wildman–Crippen MR) is 108 cm³/mol. The number of halogens is 1. The van der Waals surface area contributed by atoms with E-state index in [4.69, 9.17) is 16.3 Å². The van der Waals surface area contributed by atoms with Crippen molar-refractivity contribution in [3.8, 4) is 0 Å². The van der Waals surface area contributed by atoms with Gasteiger partial charge in [0.1, 0.15) is 0 Å². The SMILES string of the molecule is CCCOC(=O)c1nc2cc(C)c(C)cc2nc1NCc1ccccc1Cl. The zero-order chi connectivity index (χ0) is 19.4. The van der Waals surface area contributed by atoms with Crippen molar-refractivity contribution in [2.75, 3.05) is 11.9 Å². The number of fused-ring (bicyclic) bond motifs is 1. The largest absolute Gasteiger partial charge is 0.461 e. The Bertz CT molecular complexity index is 989. The summed E-state index contributed by atoms with van der Waals surface area (Å²) >= 11 is 6.23. The van der Waals surface area contributed by atoms with Crippen LogP contribution in [0.2, 0.25) is 5.02 Å². The maximum Gasteiger partial charge on any atom is 0.360 e. The average molecular weight is 384 g/mol. The third-order valence-electron chi connectivity index (χ3n) is 4.31. The molecule has 0 fully saturated rings. The lowest BCUT2D eigenvalue weighted by Gasteiger charge is -2.13. The van der Waals surface area contributed by atoms with Gasteiger partial charge in [-0.1, -0.05) is 36.7 Å². The molecule has 0 unspecified atom stereocenters. The van der Waals surface area contributed by atoms with Crippen molar-refractivity contribution in [2.24, 2.45) is 0 Å². The van der Waals surface area contributed by atoms with Crippen molar-refractivity contribution in [3.63, 3.8) is 0 Å². The molecule has 0 amide bonds. The van der Waals surface area contributed by atoms with Crippen LogP contribution in [0.5, 0.6) is 0 Å². The average Bonchev–Trinajstić information content (AvgIpc) is 2.66. The van der Waals surface area contributed by atoms with E-state index in [1.54, 1.807) is 0 Å². The molecule has 6 heteroatoms. The van der Waals surface area contributed by atoms with Crippen LogP contribution in [-0.2, 0) is 11.3 Å². The third kappa shape index (κ3) is 4.37. The van der Waals surface area contributed by atoms with Gasteiger partial charge in [-0.15, -0.1) is 0 Å². The Morgan fingerprint density at radius 3 is 2.44 bits per heavy atom. The number of ether oxygens (including phenoxy) is 1. The highest BCUT2D eigenvalue weighted by Crippen LogP contribution is 2.23. The van der Waals surface area contributed by atoms with E-state index in [2.05, 4.69) is 15.3 Å². The molecule has 27 heavy (non-hydrogen) atoms. The molecule has 0 spiro atoms. The number of aryl methyl sites for hydroxylation is 2. The molecule has 1 N–H and O–H groups in total. The van der Waals surface area contributed by atoms with Crippen LogP contribution in [0.3, 0.4) is 0 Å². The molecule has 0 bridgehead atoms. The van der Waals surface area contributed by atoms with E-state index in [-0.39, 0.29) is 5.69 Å². The number of rotatable bonds is 6. The molecule has 5 nitrogen and oxygen atoms in total. The van der Waals surface area contributed by atoms with Crippen LogP contribution in [0, 0.1) is 13.8 Å². The smallest absolute Gasteiger partial charge is 0.360 e. The van der Waals surface area contributed by atoms with E-state index >= 15 is 0 Å². The number of anilines is 1. The molecule has 0 aliphatic heterocycles. The zero-order valence-corrected chi connectivity index (χ0v) is 16.4. The van der Waals surface area contributed by atoms with Crippen molar-refractivity contribution in [3.05, 3.63) is 63.8 Å². The monoisotopic (exact) mass is 383 g/mol. The zero-order valence-electron chi connectivity index (χ0n) is 15.7. The second kappa shape index (κ2) is 8.35. The lowest BCUT2D eigenvalue weighted by molar-refractivity contribution is 0.0499. The Labute approximate surface area is 163 Å². The van der Waals surface area contributed by atoms with Crippen molar-refractivity contribution < 1.29 is 9.53 Å². The first kappa shape index (κ1) is 19.1. The summed E-state index contributed by atoms with van der Waals surface area (Å²) < 4.78 is 5.29. The van der Waals surface area contributed by atoms with Gasteiger partial charge in [-0.25, -0.2) is 14.8 Å². The molecule has 1 heterocycles. The fourth-order valence-corrected chi connectivity index (χ4v) is 2.86. The number of esters is 1. The normalized spacial score (nSPS) is 10.8. The van der Waals surface area contributed by atoms with Crippen molar-refractivity contribution in [1.29, 1.82) is 0 Å². The topological polar surface area (TPSA) is 64.1 Å². The molecule has 0 radical (unpaired) electrons. The highest BCUT2D eigenvalue weighted by molar-refractivity contribution is 6.31. The van der Waals surface area contributed by atoms with Gasteiger partial charge in [-0.05, 0) is 55.2 Å². The molecule has 0 saturated carbocycles. The maximum atomic E-state index is 12.5. The van der Waals surface area contributed by atoms with Crippen LogP contribution in [-0.4, -0.2) is 22.5 Å². The van der Waals surface area contributed by atoms with E-state index in [0.717, 1.165) is 28.6 Å². The van der Waals surface area contributed by atoms with Crippen LogP contribution >= 0.6 is 11.6 Å². The molecule has 2 aromatic carbocycles. The van der Waals surface area contributed by atoms with Gasteiger partial charge >= 0.3 is 5.97 Å². The number of carbonyl (C=O) groups is 1. The molecule has 140 valence electrons. The quantitative estimate of drug-likeness (QED) is 0.601. The van der Waals surface area contributed by atoms with Crippen LogP contribution in [0.1, 0.15) is 40.5 Å². The lowest BCUT2D eigenvalue weighted by Crippen LogP contribution is -2.14. The molecule has 0 aliphatic carbocycles. The molecule has 0 aliphatic rings. The van der Waals surface area contributed by atoms with E-state index in [1.165, 1.54) is 0 Å². The molecule has 0 atom stereocenters. The Balaban J connectivity index is 2.00. The van der Waals surface area contributed by atoms with Gasteiger partial charge in [0.25, 0.3) is 0 Å². The second-order valence-corrected chi connectivity index (χ2v) is 6.83. The summed E-state index contributed by atoms with van der Waals surface area (Å²) in [5.41, 5.74) is 4.72. The van der Waals surface area contributed by atoms with Gasteiger partial charge < -0.3 is 10.1 Å². The van der Waals surface area contributed by atoms with E-state index in [1.807, 2.05) is 57.2 Å². The number of nitrogens with zero attached hydrogens (tertiary/aromatic N) is 2. The van der Waals surface area contributed by atoms with Gasteiger partial charge in [-0.2, -0.15) is 0 Å². The number of carbonyl (C=O) groups excluding carboxylic acids is 1. The van der Waals surface area contributed by atoms with Crippen molar-refractivity contribution >= 4 is 34.4 Å². The Morgan fingerprint density at radius 1 is 1.11 bits per heavy atom. The number of aromatic nitrogens is 2. The first-order valence-corrected chi connectivity index (χ1v) is 9.30. The minimum atomic E-state index is -0.480. The van der Waals surface area contributed by atoms with Gasteiger partial charge in [0, 0.05) is 11.6 Å². The molecular formula is C21H22ClN3O2. The predicted octanol–water partition coefficient (Wildman–Crippen LogP) is 5.08. The summed E-state index contributed by atoms with van der Waals surface area (Å²) in [4.78, 5) is 21.7. The first-order valence-electron chi connectivity index (χ1n) is 8.93. The summed E-state index contributed by atoms with van der Waals surface area (Å²) in [5.74, 6) is -0.0853. The Hall–Kier alpha value is -2.66. The summed E-state index contributed by atoms with van der Waals surface area (Å²) in [6, 6.07) is 11.4. The van der Waals surface area contributed by atoms with Crippen LogP contribution in [0.4, 0.5) is 5.82 Å². The summed E-state index contributed by atoms with van der Waals surface area (Å²) in [6.45, 7) is 6.75. The second-order valence-electron chi connectivity index (χ2n) is 6.43. The molecule has 1 aromatic heterocycles. The Kier molecular flexibility index (Phi) is 5.91. The lowest BCUT2D eigenvalue weighted by atomic mass is 10.1. The Morgan fingerprint density at radius 2 is 1.78 bits per heavy atom. The fourth-order valence-electron chi connectivity index (χ4n) is 2.66. The van der Waals surface area contributed by atoms with Crippen LogP contribution in [0.25, 0.3) is 11.0 Å². The minimum Gasteiger partial charge on any atom is -0.461 e. The van der Waals surface area contributed by atoms with Crippen molar-refractivity contribution in [1.82, 2.24) is 9.97 Å². The fraction of sp³-hybridized carbons (Fsp3) is 0.286. The molecule has 3 aromatic rings. The van der Waals surface area contributed by atoms with Crippen molar-refractivity contribution in [2.45, 2.75) is 33.7 Å². The highest BCUT2D eigenvalue weighted by Gasteiger charge is 2.18. The van der Waals surface area contributed by atoms with Gasteiger partial charge in [0.15, 0.2) is 11.5 Å². The van der Waals surface area contributed by atoms with E-state index in [0.29, 0.717) is 29.5 Å². The van der Waals surface area contributed by atoms with E-state index in [9.17, 15) is 4.79 Å². The molecule has 3 rings (SSSR count). The number of nitrogens with one attached hydrogen (secondary N) is 1. The summed E-state index contributed by atoms with van der Waals surface area (Å²) in [5, 5.41) is 3.85. The first-order chi connectivity index (χ1) is 13.0. The standard InChI is InChI=1S/C21H22ClN3O2/c1-4-9-27-21(26)19-20(23-12-15-7-5-6-8-16(15)22)25-18-11-14(3)13(2)10-17(18)24-19/h5-8,10-11H,4,9,12H2,1-3H3,(H,23,25). The third-order valence-corrected chi connectivity index (χ3v) is 4.68. The highest BCUT2D eigenvalue weighted by atomic mass is 35.5. The molecule has 0 saturated heterocycles. The summed E-state index contributed by atoms with van der Waals surface area (Å²) in [6.07, 6.45) is 0.743. The minimum absolute atomic E-state index is 0.186.